The van der Waals surface area contributed by atoms with E-state index in [2.05, 4.69) is 0 Å². The van der Waals surface area contributed by atoms with Crippen molar-refractivity contribution < 1.29 is 32.2 Å². The first-order chi connectivity index (χ1) is 14.8. The van der Waals surface area contributed by atoms with E-state index in [0.29, 0.717) is 11.1 Å². The predicted molar refractivity (Wildman–Crippen MR) is 106 cm³/mol. The molecule has 3 aromatic carbocycles. The van der Waals surface area contributed by atoms with E-state index in [1.54, 1.807) is 12.1 Å². The van der Waals surface area contributed by atoms with E-state index >= 15 is 0 Å². The molecule has 0 aliphatic carbocycles. The molecular weight excluding hydrogens is 409 g/mol. The summed E-state index contributed by atoms with van der Waals surface area (Å²) in [5.74, 6) is -0.796. The highest BCUT2D eigenvalue weighted by atomic mass is 19.4. The Morgan fingerprint density at radius 2 is 1.71 bits per heavy atom. The standard InChI is InChI=1S/C24H17F3O4/c25-24(26,27)18-8-7-17-14-30-21-9-6-16(10-20(21)23(29)19(17)12-18)11-22(28)31-13-15-4-2-1-3-5-15/h1-10,12H,11,13-14H2. The fraction of sp³-hybridized carbons (Fsp3) is 0.167. The average molecular weight is 426 g/mol. The molecule has 0 atom stereocenters. The van der Waals surface area contributed by atoms with Crippen LogP contribution in [0.5, 0.6) is 5.75 Å². The molecule has 4 rings (SSSR count). The van der Waals surface area contributed by atoms with Crippen molar-refractivity contribution in [1.82, 2.24) is 0 Å². The summed E-state index contributed by atoms with van der Waals surface area (Å²) >= 11 is 0. The van der Waals surface area contributed by atoms with Crippen LogP contribution in [0.15, 0.2) is 66.7 Å². The summed E-state index contributed by atoms with van der Waals surface area (Å²) in [4.78, 5) is 25.2. The Hall–Kier alpha value is -3.61. The molecular formula is C24H17F3O4. The molecule has 1 heterocycles. The monoisotopic (exact) mass is 426 g/mol. The number of alkyl halides is 3. The van der Waals surface area contributed by atoms with Crippen LogP contribution in [-0.2, 0) is 35.3 Å². The Kier molecular flexibility index (Phi) is 5.50. The van der Waals surface area contributed by atoms with Crippen molar-refractivity contribution in [2.24, 2.45) is 0 Å². The molecule has 0 aromatic heterocycles. The summed E-state index contributed by atoms with van der Waals surface area (Å²) in [5, 5.41) is 0. The van der Waals surface area contributed by atoms with Crippen LogP contribution in [0.25, 0.3) is 0 Å². The smallest absolute Gasteiger partial charge is 0.416 e. The number of esters is 1. The van der Waals surface area contributed by atoms with Gasteiger partial charge in [0.25, 0.3) is 0 Å². The van der Waals surface area contributed by atoms with E-state index < -0.39 is 23.5 Å². The number of ketones is 1. The molecule has 0 saturated heterocycles. The molecule has 158 valence electrons. The number of ether oxygens (including phenoxy) is 2. The minimum atomic E-state index is -4.56. The van der Waals surface area contributed by atoms with Gasteiger partial charge in [-0.15, -0.1) is 0 Å². The molecule has 3 aromatic rings. The predicted octanol–water partition coefficient (Wildman–Crippen LogP) is 5.11. The summed E-state index contributed by atoms with van der Waals surface area (Å²) in [5.41, 5.74) is 0.883. The Bertz CT molecular complexity index is 1140. The van der Waals surface area contributed by atoms with Crippen LogP contribution in [-0.4, -0.2) is 11.8 Å². The number of carbonyl (C=O) groups excluding carboxylic acids is 2. The van der Waals surface area contributed by atoms with Crippen molar-refractivity contribution >= 4 is 11.8 Å². The van der Waals surface area contributed by atoms with Crippen LogP contribution >= 0.6 is 0 Å². The first kappa shape index (κ1) is 20.7. The molecule has 0 fully saturated rings. The highest BCUT2D eigenvalue weighted by Crippen LogP contribution is 2.34. The highest BCUT2D eigenvalue weighted by molar-refractivity contribution is 6.12. The fourth-order valence-corrected chi connectivity index (χ4v) is 3.34. The quantitative estimate of drug-likeness (QED) is 0.544. The van der Waals surface area contributed by atoms with Crippen LogP contribution in [0.2, 0.25) is 0 Å². The first-order valence-corrected chi connectivity index (χ1v) is 9.51. The molecule has 0 N–H and O–H groups in total. The second-order valence-corrected chi connectivity index (χ2v) is 7.14. The van der Waals surface area contributed by atoms with Gasteiger partial charge in [0.05, 0.1) is 17.5 Å². The molecule has 0 spiro atoms. The number of carbonyl (C=O) groups is 2. The maximum Gasteiger partial charge on any atom is 0.416 e. The van der Waals surface area contributed by atoms with Crippen LogP contribution < -0.4 is 4.74 Å². The molecule has 0 amide bonds. The Morgan fingerprint density at radius 3 is 2.45 bits per heavy atom. The van der Waals surface area contributed by atoms with Gasteiger partial charge in [0, 0.05) is 11.1 Å². The van der Waals surface area contributed by atoms with Crippen molar-refractivity contribution in [3.8, 4) is 5.75 Å². The van der Waals surface area contributed by atoms with Crippen molar-refractivity contribution in [3.63, 3.8) is 0 Å². The molecule has 0 saturated carbocycles. The van der Waals surface area contributed by atoms with E-state index in [1.165, 1.54) is 12.1 Å². The molecule has 0 bridgehead atoms. The minimum absolute atomic E-state index is 0.0231. The van der Waals surface area contributed by atoms with E-state index in [1.807, 2.05) is 30.3 Å². The van der Waals surface area contributed by atoms with Gasteiger partial charge in [-0.1, -0.05) is 42.5 Å². The van der Waals surface area contributed by atoms with Gasteiger partial charge >= 0.3 is 12.1 Å². The van der Waals surface area contributed by atoms with Gasteiger partial charge in [0.15, 0.2) is 5.78 Å². The van der Waals surface area contributed by atoms with Gasteiger partial charge in [-0.3, -0.25) is 9.59 Å². The maximum absolute atomic E-state index is 13.1. The van der Waals surface area contributed by atoms with Crippen molar-refractivity contribution in [1.29, 1.82) is 0 Å². The van der Waals surface area contributed by atoms with E-state index in [0.717, 1.165) is 17.7 Å². The lowest BCUT2D eigenvalue weighted by Crippen LogP contribution is -2.11. The van der Waals surface area contributed by atoms with E-state index in [9.17, 15) is 22.8 Å². The number of fused-ring (bicyclic) bond motifs is 2. The van der Waals surface area contributed by atoms with E-state index in [4.69, 9.17) is 9.47 Å². The van der Waals surface area contributed by atoms with Crippen LogP contribution in [0.3, 0.4) is 0 Å². The van der Waals surface area contributed by atoms with Crippen molar-refractivity contribution in [2.45, 2.75) is 25.8 Å². The number of halogens is 3. The summed E-state index contributed by atoms with van der Waals surface area (Å²) < 4.78 is 50.1. The van der Waals surface area contributed by atoms with Crippen molar-refractivity contribution in [2.75, 3.05) is 0 Å². The largest absolute Gasteiger partial charge is 0.488 e. The van der Waals surface area contributed by atoms with Gasteiger partial charge in [0.2, 0.25) is 0 Å². The van der Waals surface area contributed by atoms with Gasteiger partial charge in [-0.2, -0.15) is 13.2 Å². The van der Waals surface area contributed by atoms with E-state index in [-0.39, 0.29) is 36.5 Å². The summed E-state index contributed by atoms with van der Waals surface area (Å²) in [6, 6.07) is 16.9. The van der Waals surface area contributed by atoms with Gasteiger partial charge in [0.1, 0.15) is 19.0 Å². The second-order valence-electron chi connectivity index (χ2n) is 7.14. The lowest BCUT2D eigenvalue weighted by molar-refractivity contribution is -0.144. The Labute approximate surface area is 176 Å². The van der Waals surface area contributed by atoms with Gasteiger partial charge in [-0.05, 0) is 35.4 Å². The third-order valence-corrected chi connectivity index (χ3v) is 4.94. The Balaban J connectivity index is 1.55. The zero-order valence-electron chi connectivity index (χ0n) is 16.2. The number of benzene rings is 3. The zero-order chi connectivity index (χ0) is 22.0. The average Bonchev–Trinajstić information content (AvgIpc) is 2.89. The third-order valence-electron chi connectivity index (χ3n) is 4.94. The first-order valence-electron chi connectivity index (χ1n) is 9.51. The molecule has 31 heavy (non-hydrogen) atoms. The van der Waals surface area contributed by atoms with Gasteiger partial charge in [-0.25, -0.2) is 0 Å². The summed E-state index contributed by atoms with van der Waals surface area (Å²) in [6.07, 6.45) is -4.64. The number of rotatable bonds is 4. The zero-order valence-corrected chi connectivity index (χ0v) is 16.2. The molecule has 7 heteroatoms. The lowest BCUT2D eigenvalue weighted by atomic mass is 9.95. The normalized spacial score (nSPS) is 12.9. The molecule has 4 nitrogen and oxygen atoms in total. The number of hydrogen-bond donors (Lipinski definition) is 0. The molecule has 1 aliphatic rings. The second kappa shape index (κ2) is 8.26. The fourth-order valence-electron chi connectivity index (χ4n) is 3.34. The Morgan fingerprint density at radius 1 is 0.935 bits per heavy atom. The maximum atomic E-state index is 13.1. The van der Waals surface area contributed by atoms with Crippen LogP contribution in [0.1, 0.15) is 38.2 Å². The summed E-state index contributed by atoms with van der Waals surface area (Å²) in [7, 11) is 0. The molecule has 1 aliphatic heterocycles. The molecule has 0 unspecified atom stereocenters. The topological polar surface area (TPSA) is 52.6 Å². The minimum Gasteiger partial charge on any atom is -0.488 e. The van der Waals surface area contributed by atoms with Crippen LogP contribution in [0.4, 0.5) is 13.2 Å². The van der Waals surface area contributed by atoms with Crippen molar-refractivity contribution in [3.05, 3.63) is 100 Å². The SMILES string of the molecule is O=C(Cc1ccc2c(c1)C(=O)c1cc(C(F)(F)F)ccc1CO2)OCc1ccccc1. The number of hydrogen-bond acceptors (Lipinski definition) is 4. The summed E-state index contributed by atoms with van der Waals surface area (Å²) in [6.45, 7) is 0.102. The van der Waals surface area contributed by atoms with Gasteiger partial charge < -0.3 is 9.47 Å². The molecule has 0 radical (unpaired) electrons. The van der Waals surface area contributed by atoms with Crippen LogP contribution in [0, 0.1) is 0 Å². The lowest BCUT2D eigenvalue weighted by Gasteiger charge is -2.10. The highest BCUT2D eigenvalue weighted by Gasteiger charge is 2.33. The third kappa shape index (κ3) is 4.60.